The summed E-state index contributed by atoms with van der Waals surface area (Å²) in [4.78, 5) is 19.7. The van der Waals surface area contributed by atoms with E-state index in [1.54, 1.807) is 10.6 Å². The van der Waals surface area contributed by atoms with Crippen molar-refractivity contribution in [1.29, 1.82) is 5.26 Å². The van der Waals surface area contributed by atoms with Gasteiger partial charge in [0.15, 0.2) is 0 Å². The van der Waals surface area contributed by atoms with E-state index in [1.807, 2.05) is 24.3 Å². The van der Waals surface area contributed by atoms with Crippen molar-refractivity contribution in [1.82, 2.24) is 14.5 Å². The highest BCUT2D eigenvalue weighted by molar-refractivity contribution is 5.99. The third kappa shape index (κ3) is 2.11. The monoisotopic (exact) mass is 334 g/mol. The number of benzene rings is 1. The van der Waals surface area contributed by atoms with Crippen molar-refractivity contribution in [2.24, 2.45) is 5.41 Å². The molecular weight excluding hydrogens is 312 g/mol. The number of likely N-dealkylation sites (tertiary alicyclic amines) is 1. The normalized spacial score (nSPS) is 24.4. The molecule has 3 heterocycles. The molecule has 0 radical (unpaired) electrons. The van der Waals surface area contributed by atoms with Gasteiger partial charge < -0.3 is 0 Å². The van der Waals surface area contributed by atoms with Gasteiger partial charge in [0.25, 0.3) is 5.91 Å². The number of carbonyl (C=O) groups is 1. The topological polar surface area (TPSA) is 61.9 Å². The molecule has 1 aromatic heterocycles. The van der Waals surface area contributed by atoms with Crippen LogP contribution in [0.5, 0.6) is 0 Å². The molecule has 1 saturated heterocycles. The number of rotatable bonds is 2. The molecule has 1 atom stereocenters. The van der Waals surface area contributed by atoms with Crippen LogP contribution in [-0.4, -0.2) is 39.0 Å². The van der Waals surface area contributed by atoms with Gasteiger partial charge in [-0.3, -0.25) is 14.3 Å². The van der Waals surface area contributed by atoms with E-state index in [0.29, 0.717) is 12.4 Å². The largest absolute Gasteiger partial charge is 0.293 e. The maximum Gasteiger partial charge on any atom is 0.256 e. The highest BCUT2D eigenvalue weighted by Gasteiger charge is 2.52. The van der Waals surface area contributed by atoms with Crippen LogP contribution in [-0.2, 0) is 0 Å². The zero-order valence-corrected chi connectivity index (χ0v) is 15.1. The Morgan fingerprint density at radius 3 is 2.64 bits per heavy atom. The molecule has 1 fully saturated rings. The Kier molecular flexibility index (Phi) is 3.23. The lowest BCUT2D eigenvalue weighted by molar-refractivity contribution is -0.110. The van der Waals surface area contributed by atoms with Crippen molar-refractivity contribution in [2.75, 3.05) is 13.1 Å². The van der Waals surface area contributed by atoms with Gasteiger partial charge in [0.2, 0.25) is 0 Å². The highest BCUT2D eigenvalue weighted by atomic mass is 16.2. The first-order valence-electron chi connectivity index (χ1n) is 8.63. The third-order valence-corrected chi connectivity index (χ3v) is 6.28. The molecule has 0 saturated carbocycles. The van der Waals surface area contributed by atoms with E-state index in [9.17, 15) is 10.1 Å². The average Bonchev–Trinajstić information content (AvgIpc) is 2.94. The molecule has 2 aromatic rings. The van der Waals surface area contributed by atoms with Crippen molar-refractivity contribution < 1.29 is 4.79 Å². The van der Waals surface area contributed by atoms with Crippen LogP contribution in [0.2, 0.25) is 0 Å². The van der Waals surface area contributed by atoms with Gasteiger partial charge in [-0.1, -0.05) is 26.0 Å². The van der Waals surface area contributed by atoms with Gasteiger partial charge in [-0.2, -0.15) is 5.26 Å². The number of aromatic nitrogens is 2. The van der Waals surface area contributed by atoms with Gasteiger partial charge in [0.05, 0.1) is 17.1 Å². The van der Waals surface area contributed by atoms with Gasteiger partial charge in [-0.25, -0.2) is 4.98 Å². The smallest absolute Gasteiger partial charge is 0.256 e. The van der Waals surface area contributed by atoms with Crippen molar-refractivity contribution in [2.45, 2.75) is 39.2 Å². The molecule has 25 heavy (non-hydrogen) atoms. The lowest BCUT2D eigenvalue weighted by atomic mass is 9.65. The summed E-state index contributed by atoms with van der Waals surface area (Å²) in [7, 11) is 0. The first kappa shape index (κ1) is 16.0. The first-order chi connectivity index (χ1) is 11.8. The molecule has 0 unspecified atom stereocenters. The molecule has 2 aliphatic heterocycles. The fourth-order valence-corrected chi connectivity index (χ4v) is 3.90. The van der Waals surface area contributed by atoms with Crippen LogP contribution >= 0.6 is 0 Å². The lowest BCUT2D eigenvalue weighted by Gasteiger charge is -2.62. The van der Waals surface area contributed by atoms with Crippen molar-refractivity contribution >= 4 is 16.9 Å². The second-order valence-electron chi connectivity index (χ2n) is 8.21. The Bertz CT molecular complexity index is 958. The second kappa shape index (κ2) is 5.03. The number of allylic oxidation sites excluding steroid dienone is 1. The fraction of sp³-hybridized carbons (Fsp3) is 0.450. The summed E-state index contributed by atoms with van der Waals surface area (Å²) in [5.74, 6) is -0.0452. The molecular formula is C20H22N4O. The van der Waals surface area contributed by atoms with E-state index < -0.39 is 5.92 Å². The molecule has 1 aromatic carbocycles. The van der Waals surface area contributed by atoms with Crippen LogP contribution in [0.25, 0.3) is 11.0 Å². The number of hydrogen-bond acceptors (Lipinski definition) is 4. The maximum atomic E-state index is 12.7. The van der Waals surface area contributed by atoms with E-state index in [4.69, 9.17) is 0 Å². The number of hydrogen-bond donors (Lipinski definition) is 0. The first-order valence-corrected chi connectivity index (χ1v) is 8.63. The van der Waals surface area contributed by atoms with Gasteiger partial charge in [-0.15, -0.1) is 0 Å². The number of nitrogens with zero attached hydrogens (tertiary/aromatic N) is 4. The zero-order valence-electron chi connectivity index (χ0n) is 15.1. The van der Waals surface area contributed by atoms with Crippen molar-refractivity contribution in [3.63, 3.8) is 0 Å². The summed E-state index contributed by atoms with van der Waals surface area (Å²) in [5, 5.41) is 9.78. The molecule has 2 aliphatic rings. The zero-order chi connectivity index (χ0) is 18.0. The Hall–Kier alpha value is -2.45. The summed E-state index contributed by atoms with van der Waals surface area (Å²) in [6, 6.07) is 9.89. The minimum atomic E-state index is -0.482. The quantitative estimate of drug-likeness (QED) is 0.845. The van der Waals surface area contributed by atoms with Crippen molar-refractivity contribution in [3.8, 4) is 6.07 Å². The van der Waals surface area contributed by atoms with Crippen LogP contribution in [0.1, 0.15) is 44.2 Å². The standard InChI is InChI=1S/C20H22N4O/c1-19(2)12-23(20(19,3)4)11-13-9-17(25)24-16-8-6-5-7-15(16)22-18(24)14(13)10-21/h5-9,14H,11-12H2,1-4H3/t14-/m0/s1. The van der Waals surface area contributed by atoms with Crippen LogP contribution in [0.4, 0.5) is 0 Å². The molecule has 128 valence electrons. The molecule has 5 heteroatoms. The Morgan fingerprint density at radius 1 is 1.28 bits per heavy atom. The molecule has 0 spiro atoms. The van der Waals surface area contributed by atoms with E-state index in [-0.39, 0.29) is 16.9 Å². The summed E-state index contributed by atoms with van der Waals surface area (Å²) >= 11 is 0. The van der Waals surface area contributed by atoms with Crippen molar-refractivity contribution in [3.05, 3.63) is 41.7 Å². The van der Waals surface area contributed by atoms with Crippen LogP contribution < -0.4 is 0 Å². The van der Waals surface area contributed by atoms with Gasteiger partial charge in [0, 0.05) is 24.7 Å². The van der Waals surface area contributed by atoms with Gasteiger partial charge in [-0.05, 0) is 37.0 Å². The molecule has 0 amide bonds. The van der Waals surface area contributed by atoms with Crippen LogP contribution in [0.3, 0.4) is 0 Å². The Balaban J connectivity index is 1.72. The lowest BCUT2D eigenvalue weighted by Crippen LogP contribution is -2.69. The molecule has 0 N–H and O–H groups in total. The second-order valence-corrected chi connectivity index (χ2v) is 8.21. The van der Waals surface area contributed by atoms with E-state index in [2.05, 4.69) is 43.6 Å². The third-order valence-electron chi connectivity index (χ3n) is 6.28. The predicted molar refractivity (Wildman–Crippen MR) is 96.2 cm³/mol. The summed E-state index contributed by atoms with van der Waals surface area (Å²) in [5.41, 5.74) is 2.63. The number of para-hydroxylation sites is 2. The maximum absolute atomic E-state index is 12.7. The minimum absolute atomic E-state index is 0.0362. The SMILES string of the molecule is CC1(C)CN(CC2=CC(=O)n3c(nc4ccccc43)[C@H]2C#N)C1(C)C. The number of imidazole rings is 1. The van der Waals surface area contributed by atoms with Crippen LogP contribution in [0.15, 0.2) is 35.9 Å². The van der Waals surface area contributed by atoms with E-state index >= 15 is 0 Å². The number of fused-ring (bicyclic) bond motifs is 3. The van der Waals surface area contributed by atoms with Gasteiger partial charge in [0.1, 0.15) is 11.7 Å². The summed E-state index contributed by atoms with van der Waals surface area (Å²) in [6.07, 6.45) is 1.64. The molecule has 4 rings (SSSR count). The molecule has 0 bridgehead atoms. The molecule has 0 aliphatic carbocycles. The average molecular weight is 334 g/mol. The van der Waals surface area contributed by atoms with Crippen LogP contribution in [0, 0.1) is 16.7 Å². The fourth-order valence-electron chi connectivity index (χ4n) is 3.90. The van der Waals surface area contributed by atoms with E-state index in [0.717, 1.165) is 23.2 Å². The predicted octanol–water partition coefficient (Wildman–Crippen LogP) is 3.34. The Morgan fingerprint density at radius 2 is 2.00 bits per heavy atom. The minimum Gasteiger partial charge on any atom is -0.293 e. The van der Waals surface area contributed by atoms with E-state index in [1.165, 1.54) is 0 Å². The summed E-state index contributed by atoms with van der Waals surface area (Å²) in [6.45, 7) is 10.5. The summed E-state index contributed by atoms with van der Waals surface area (Å²) < 4.78 is 1.58. The van der Waals surface area contributed by atoms with Gasteiger partial charge >= 0.3 is 0 Å². The number of nitriles is 1. The molecule has 5 nitrogen and oxygen atoms in total. The Labute approximate surface area is 147 Å². The highest BCUT2D eigenvalue weighted by Crippen LogP contribution is 2.47. The number of carbonyl (C=O) groups excluding carboxylic acids is 1.